The lowest BCUT2D eigenvalue weighted by molar-refractivity contribution is 0.103. The van der Waals surface area contributed by atoms with Crippen LogP contribution in [0.25, 0.3) is 10.6 Å². The van der Waals surface area contributed by atoms with Crippen LogP contribution in [0.4, 0.5) is 5.69 Å². The summed E-state index contributed by atoms with van der Waals surface area (Å²) >= 11 is 7.52. The van der Waals surface area contributed by atoms with Crippen LogP contribution >= 0.6 is 22.9 Å². The topological polar surface area (TPSA) is 89.0 Å². The molecule has 0 atom stereocenters. The van der Waals surface area contributed by atoms with Crippen molar-refractivity contribution in [1.29, 1.82) is 0 Å². The van der Waals surface area contributed by atoms with Gasteiger partial charge in [-0.3, -0.25) is 14.5 Å². The Kier molecular flexibility index (Phi) is 5.63. The van der Waals surface area contributed by atoms with Gasteiger partial charge in [0.2, 0.25) is 0 Å². The van der Waals surface area contributed by atoms with E-state index in [1.807, 2.05) is 5.38 Å². The first-order chi connectivity index (χ1) is 14.4. The van der Waals surface area contributed by atoms with E-state index in [9.17, 15) is 13.2 Å². The van der Waals surface area contributed by atoms with E-state index in [0.717, 1.165) is 10.6 Å². The van der Waals surface area contributed by atoms with E-state index in [0.29, 0.717) is 10.6 Å². The molecule has 2 heterocycles. The molecule has 2 aromatic carbocycles. The first kappa shape index (κ1) is 20.2. The second-order valence-corrected chi connectivity index (χ2v) is 9.24. The van der Waals surface area contributed by atoms with Gasteiger partial charge in [0.15, 0.2) is 5.78 Å². The van der Waals surface area contributed by atoms with Gasteiger partial charge in [0, 0.05) is 45.7 Å². The van der Waals surface area contributed by atoms with Crippen LogP contribution in [0, 0.1) is 0 Å². The smallest absolute Gasteiger partial charge is 0.261 e. The summed E-state index contributed by atoms with van der Waals surface area (Å²) in [5, 5.41) is 2.97. The van der Waals surface area contributed by atoms with Gasteiger partial charge in [0.1, 0.15) is 5.01 Å². The number of thiazole rings is 1. The predicted octanol–water partition coefficient (Wildman–Crippen LogP) is 4.89. The fourth-order valence-electron chi connectivity index (χ4n) is 2.80. The Morgan fingerprint density at radius 2 is 1.70 bits per heavy atom. The lowest BCUT2D eigenvalue weighted by atomic mass is 10.0. The molecule has 9 heteroatoms. The highest BCUT2D eigenvalue weighted by molar-refractivity contribution is 7.92. The molecule has 0 saturated carbocycles. The molecule has 1 N–H and O–H groups in total. The molecule has 0 fully saturated rings. The Hall–Kier alpha value is -3.07. The number of carbonyl (C=O) groups excluding carboxylic acids is 1. The Balaban J connectivity index is 1.66. The van der Waals surface area contributed by atoms with Crippen molar-refractivity contribution in [2.45, 2.75) is 4.90 Å². The average Bonchev–Trinajstić information content (AvgIpc) is 3.30. The molecule has 0 unspecified atom stereocenters. The van der Waals surface area contributed by atoms with Crippen LogP contribution in [-0.2, 0) is 10.0 Å². The van der Waals surface area contributed by atoms with E-state index in [2.05, 4.69) is 14.7 Å². The molecule has 0 aliphatic rings. The predicted molar refractivity (Wildman–Crippen MR) is 117 cm³/mol. The zero-order chi connectivity index (χ0) is 21.1. The Morgan fingerprint density at radius 1 is 0.967 bits per heavy atom. The summed E-state index contributed by atoms with van der Waals surface area (Å²) in [5.41, 5.74) is 1.49. The van der Waals surface area contributed by atoms with Crippen molar-refractivity contribution in [3.05, 3.63) is 94.7 Å². The van der Waals surface area contributed by atoms with E-state index in [1.54, 1.807) is 30.5 Å². The van der Waals surface area contributed by atoms with E-state index in [1.165, 1.54) is 54.1 Å². The van der Waals surface area contributed by atoms with Crippen molar-refractivity contribution in [3.63, 3.8) is 0 Å². The van der Waals surface area contributed by atoms with Crippen LogP contribution in [-0.4, -0.2) is 24.2 Å². The maximum absolute atomic E-state index is 12.9. The van der Waals surface area contributed by atoms with E-state index in [-0.39, 0.29) is 21.9 Å². The largest absolute Gasteiger partial charge is 0.289 e. The fourth-order valence-corrected chi connectivity index (χ4v) is 4.69. The number of halogens is 1. The van der Waals surface area contributed by atoms with Gasteiger partial charge in [0.05, 0.1) is 10.6 Å². The van der Waals surface area contributed by atoms with Crippen molar-refractivity contribution in [2.24, 2.45) is 0 Å². The quantitative estimate of drug-likeness (QED) is 0.418. The maximum Gasteiger partial charge on any atom is 0.261 e. The number of hydrogen-bond donors (Lipinski definition) is 1. The van der Waals surface area contributed by atoms with Crippen molar-refractivity contribution in [1.82, 2.24) is 9.97 Å². The summed E-state index contributed by atoms with van der Waals surface area (Å²) in [6, 6.07) is 13.9. The zero-order valence-electron chi connectivity index (χ0n) is 15.3. The highest BCUT2D eigenvalue weighted by Gasteiger charge is 2.20. The molecule has 0 aliphatic heterocycles. The number of aromatic nitrogens is 2. The number of benzene rings is 2. The summed E-state index contributed by atoms with van der Waals surface area (Å²) < 4.78 is 28.3. The minimum Gasteiger partial charge on any atom is -0.289 e. The molecule has 150 valence electrons. The van der Waals surface area contributed by atoms with Gasteiger partial charge < -0.3 is 0 Å². The number of carbonyl (C=O) groups is 1. The molecule has 2 aromatic heterocycles. The molecular formula is C21H14ClN3O3S2. The van der Waals surface area contributed by atoms with Crippen molar-refractivity contribution in [2.75, 3.05) is 4.72 Å². The third-order valence-electron chi connectivity index (χ3n) is 4.26. The van der Waals surface area contributed by atoms with E-state index < -0.39 is 10.0 Å². The molecule has 0 spiro atoms. The van der Waals surface area contributed by atoms with Crippen LogP contribution < -0.4 is 4.72 Å². The summed E-state index contributed by atoms with van der Waals surface area (Å²) in [4.78, 5) is 21.1. The zero-order valence-corrected chi connectivity index (χ0v) is 17.7. The van der Waals surface area contributed by atoms with Crippen molar-refractivity contribution < 1.29 is 13.2 Å². The highest BCUT2D eigenvalue weighted by Crippen LogP contribution is 2.27. The Labute approximate surface area is 182 Å². The van der Waals surface area contributed by atoms with Gasteiger partial charge in [-0.25, -0.2) is 13.4 Å². The van der Waals surface area contributed by atoms with Gasteiger partial charge >= 0.3 is 0 Å². The highest BCUT2D eigenvalue weighted by atomic mass is 35.5. The molecule has 0 aliphatic carbocycles. The number of ketones is 1. The van der Waals surface area contributed by atoms with Crippen molar-refractivity contribution in [3.8, 4) is 10.6 Å². The number of pyridine rings is 1. The SMILES string of the molecule is O=C(c1ccncc1)c1cc(Cl)ccc1NS(=O)(=O)c1ccc(-c2nccs2)cc1. The maximum atomic E-state index is 12.9. The lowest BCUT2D eigenvalue weighted by Crippen LogP contribution is -2.16. The molecule has 0 radical (unpaired) electrons. The van der Waals surface area contributed by atoms with Crippen LogP contribution in [0.15, 0.2) is 83.5 Å². The lowest BCUT2D eigenvalue weighted by Gasteiger charge is -2.13. The van der Waals surface area contributed by atoms with Crippen LogP contribution in [0.2, 0.25) is 5.02 Å². The third kappa shape index (κ3) is 4.25. The number of sulfonamides is 1. The second kappa shape index (κ2) is 8.35. The van der Waals surface area contributed by atoms with Crippen LogP contribution in [0.1, 0.15) is 15.9 Å². The normalized spacial score (nSPS) is 11.2. The number of nitrogens with one attached hydrogen (secondary N) is 1. The van der Waals surface area contributed by atoms with E-state index >= 15 is 0 Å². The van der Waals surface area contributed by atoms with Crippen LogP contribution in [0.3, 0.4) is 0 Å². The number of hydrogen-bond acceptors (Lipinski definition) is 6. The standard InChI is InChI=1S/C21H14ClN3O3S2/c22-16-3-6-19(18(13-16)20(26)14-7-9-23-10-8-14)25-30(27,28)17-4-1-15(2-5-17)21-24-11-12-29-21/h1-13,25H. The number of anilines is 1. The van der Waals surface area contributed by atoms with Gasteiger partial charge in [-0.2, -0.15) is 0 Å². The molecule has 0 saturated heterocycles. The summed E-state index contributed by atoms with van der Waals surface area (Å²) in [5.74, 6) is -0.364. The molecule has 6 nitrogen and oxygen atoms in total. The summed E-state index contributed by atoms with van der Waals surface area (Å²) in [7, 11) is -3.92. The van der Waals surface area contributed by atoms with Gasteiger partial charge in [-0.1, -0.05) is 23.7 Å². The fraction of sp³-hybridized carbons (Fsp3) is 0. The summed E-state index contributed by atoms with van der Waals surface area (Å²) in [6.07, 6.45) is 4.67. The van der Waals surface area contributed by atoms with Gasteiger partial charge in [0.25, 0.3) is 10.0 Å². The second-order valence-electron chi connectivity index (χ2n) is 6.22. The van der Waals surface area contributed by atoms with Gasteiger partial charge in [-0.15, -0.1) is 11.3 Å². The van der Waals surface area contributed by atoms with Crippen molar-refractivity contribution >= 4 is 44.4 Å². The van der Waals surface area contributed by atoms with Gasteiger partial charge in [-0.05, 0) is 42.5 Å². The van der Waals surface area contributed by atoms with Crippen LogP contribution in [0.5, 0.6) is 0 Å². The molecule has 0 bridgehead atoms. The average molecular weight is 456 g/mol. The third-order valence-corrected chi connectivity index (χ3v) is 6.70. The minimum absolute atomic E-state index is 0.0695. The number of rotatable bonds is 6. The monoisotopic (exact) mass is 455 g/mol. The number of nitrogens with zero attached hydrogens (tertiary/aromatic N) is 2. The molecule has 0 amide bonds. The first-order valence-electron chi connectivity index (χ1n) is 8.71. The summed E-state index contributed by atoms with van der Waals surface area (Å²) in [6.45, 7) is 0. The molecule has 30 heavy (non-hydrogen) atoms. The molecular weight excluding hydrogens is 442 g/mol. The Bertz CT molecular complexity index is 1290. The first-order valence-corrected chi connectivity index (χ1v) is 11.5. The molecule has 4 aromatic rings. The molecule has 4 rings (SSSR count). The Morgan fingerprint density at radius 3 is 2.37 bits per heavy atom. The minimum atomic E-state index is -3.92. The van der Waals surface area contributed by atoms with E-state index in [4.69, 9.17) is 11.6 Å².